The lowest BCUT2D eigenvalue weighted by atomic mass is 10.1. The number of carbonyl (C=O) groups is 1. The molecule has 0 bridgehead atoms. The Morgan fingerprint density at radius 2 is 2.27 bits per heavy atom. The fourth-order valence-electron chi connectivity index (χ4n) is 1.36. The predicted molar refractivity (Wildman–Crippen MR) is 55.6 cm³/mol. The Labute approximate surface area is 88.6 Å². The van der Waals surface area contributed by atoms with Crippen molar-refractivity contribution in [1.82, 2.24) is 4.98 Å². The fourth-order valence-corrected chi connectivity index (χ4v) is 1.36. The van der Waals surface area contributed by atoms with Crippen LogP contribution >= 0.6 is 0 Å². The molecule has 2 N–H and O–H groups in total. The molecule has 0 saturated heterocycles. The van der Waals surface area contributed by atoms with Crippen molar-refractivity contribution < 1.29 is 15.0 Å². The number of hydrogen-bond donors (Lipinski definition) is 2. The number of aryl methyl sites for hydroxylation is 2. The van der Waals surface area contributed by atoms with Gasteiger partial charge in [-0.3, -0.25) is 9.78 Å². The zero-order chi connectivity index (χ0) is 11.3. The van der Waals surface area contributed by atoms with Crippen LogP contribution in [0.1, 0.15) is 24.2 Å². The summed E-state index contributed by atoms with van der Waals surface area (Å²) in [6.07, 6.45) is 0.0508. The van der Waals surface area contributed by atoms with Crippen LogP contribution in [-0.2, 0) is 11.2 Å². The second-order valence-electron chi connectivity index (χ2n) is 3.56. The van der Waals surface area contributed by atoms with Crippen LogP contribution in [0.4, 0.5) is 0 Å². The molecule has 4 nitrogen and oxygen atoms in total. The Hall–Kier alpha value is -1.42. The maximum Gasteiger partial charge on any atom is 0.305 e. The van der Waals surface area contributed by atoms with Gasteiger partial charge in [-0.15, -0.1) is 0 Å². The number of aliphatic hydroxyl groups is 1. The van der Waals surface area contributed by atoms with Gasteiger partial charge in [-0.2, -0.15) is 0 Å². The summed E-state index contributed by atoms with van der Waals surface area (Å²) in [6.45, 7) is 1.90. The zero-order valence-corrected chi connectivity index (χ0v) is 8.68. The van der Waals surface area contributed by atoms with E-state index in [2.05, 4.69) is 4.98 Å². The number of hydrogen-bond acceptors (Lipinski definition) is 3. The van der Waals surface area contributed by atoms with Gasteiger partial charge in [0.2, 0.25) is 0 Å². The van der Waals surface area contributed by atoms with Gasteiger partial charge in [0.15, 0.2) is 0 Å². The van der Waals surface area contributed by atoms with Crippen molar-refractivity contribution in [2.75, 3.05) is 0 Å². The van der Waals surface area contributed by atoms with Gasteiger partial charge in [-0.25, -0.2) is 0 Å². The van der Waals surface area contributed by atoms with Crippen LogP contribution in [0.25, 0.3) is 0 Å². The lowest BCUT2D eigenvalue weighted by molar-refractivity contribution is -0.139. The zero-order valence-electron chi connectivity index (χ0n) is 8.68. The molecule has 0 aliphatic rings. The summed E-state index contributed by atoms with van der Waals surface area (Å²) in [5.41, 5.74) is 1.82. The first-order valence-electron chi connectivity index (χ1n) is 4.90. The lowest BCUT2D eigenvalue weighted by Crippen LogP contribution is -2.14. The number of aromatic nitrogens is 1. The Kier molecular flexibility index (Phi) is 4.24. The van der Waals surface area contributed by atoms with Crippen molar-refractivity contribution >= 4 is 5.97 Å². The molecule has 0 amide bonds. The second kappa shape index (κ2) is 5.46. The van der Waals surface area contributed by atoms with Crippen LogP contribution in [0.2, 0.25) is 0 Å². The van der Waals surface area contributed by atoms with Crippen molar-refractivity contribution in [3.63, 3.8) is 0 Å². The minimum atomic E-state index is -0.972. The van der Waals surface area contributed by atoms with Gasteiger partial charge in [0.05, 0.1) is 12.5 Å². The van der Waals surface area contributed by atoms with E-state index in [9.17, 15) is 9.90 Å². The molecule has 0 fully saturated rings. The highest BCUT2D eigenvalue weighted by Gasteiger charge is 2.09. The number of aliphatic hydroxyl groups excluding tert-OH is 1. The SMILES string of the molecule is Cc1cccc(CCC(O)CC(=O)O)n1. The first-order chi connectivity index (χ1) is 7.08. The van der Waals surface area contributed by atoms with Gasteiger partial charge >= 0.3 is 5.97 Å². The summed E-state index contributed by atoms with van der Waals surface area (Å²) in [5, 5.41) is 17.8. The summed E-state index contributed by atoms with van der Waals surface area (Å²) in [7, 11) is 0. The van der Waals surface area contributed by atoms with E-state index in [0.717, 1.165) is 11.4 Å². The smallest absolute Gasteiger partial charge is 0.305 e. The number of pyridine rings is 1. The van der Waals surface area contributed by atoms with Gasteiger partial charge in [-0.1, -0.05) is 6.07 Å². The Bertz CT molecular complexity index is 338. The standard InChI is InChI=1S/C11H15NO3/c1-8-3-2-4-9(12-8)5-6-10(13)7-11(14)15/h2-4,10,13H,5-7H2,1H3,(H,14,15). The molecule has 1 atom stereocenters. The molecule has 1 rings (SSSR count). The molecule has 4 heteroatoms. The van der Waals surface area contributed by atoms with Crippen molar-refractivity contribution in [2.24, 2.45) is 0 Å². The molecule has 1 aromatic rings. The minimum Gasteiger partial charge on any atom is -0.481 e. The first kappa shape index (κ1) is 11.7. The van der Waals surface area contributed by atoms with E-state index in [-0.39, 0.29) is 6.42 Å². The largest absolute Gasteiger partial charge is 0.481 e. The molecule has 0 saturated carbocycles. The predicted octanol–water partition coefficient (Wildman–Crippen LogP) is 1.16. The monoisotopic (exact) mass is 209 g/mol. The van der Waals surface area contributed by atoms with Crippen LogP contribution in [0.5, 0.6) is 0 Å². The minimum absolute atomic E-state index is 0.203. The Morgan fingerprint density at radius 3 is 2.87 bits per heavy atom. The third-order valence-electron chi connectivity index (χ3n) is 2.09. The number of rotatable bonds is 5. The summed E-state index contributed by atoms with van der Waals surface area (Å²) in [4.78, 5) is 14.6. The van der Waals surface area contributed by atoms with Crippen LogP contribution in [-0.4, -0.2) is 27.3 Å². The van der Waals surface area contributed by atoms with E-state index in [0.29, 0.717) is 12.8 Å². The average molecular weight is 209 g/mol. The molecule has 0 radical (unpaired) electrons. The van der Waals surface area contributed by atoms with Crippen LogP contribution in [0.15, 0.2) is 18.2 Å². The molecule has 0 aliphatic carbocycles. The topological polar surface area (TPSA) is 70.4 Å². The third-order valence-corrected chi connectivity index (χ3v) is 2.09. The molecule has 1 aromatic heterocycles. The van der Waals surface area contributed by atoms with E-state index in [4.69, 9.17) is 5.11 Å². The van der Waals surface area contributed by atoms with E-state index in [1.165, 1.54) is 0 Å². The van der Waals surface area contributed by atoms with Crippen molar-refractivity contribution in [2.45, 2.75) is 32.3 Å². The fraction of sp³-hybridized carbons (Fsp3) is 0.455. The van der Waals surface area contributed by atoms with Crippen molar-refractivity contribution in [3.8, 4) is 0 Å². The quantitative estimate of drug-likeness (QED) is 0.763. The molecule has 0 aromatic carbocycles. The average Bonchev–Trinajstić information content (AvgIpc) is 2.14. The lowest BCUT2D eigenvalue weighted by Gasteiger charge is -2.07. The Morgan fingerprint density at radius 1 is 1.53 bits per heavy atom. The van der Waals surface area contributed by atoms with E-state index in [1.54, 1.807) is 0 Å². The van der Waals surface area contributed by atoms with Crippen molar-refractivity contribution in [3.05, 3.63) is 29.6 Å². The number of nitrogens with zero attached hydrogens (tertiary/aromatic N) is 1. The van der Waals surface area contributed by atoms with E-state index >= 15 is 0 Å². The maximum atomic E-state index is 10.3. The number of carboxylic acid groups (broad SMARTS) is 1. The van der Waals surface area contributed by atoms with E-state index in [1.807, 2.05) is 25.1 Å². The van der Waals surface area contributed by atoms with Gasteiger partial charge in [0.1, 0.15) is 0 Å². The van der Waals surface area contributed by atoms with Gasteiger partial charge in [0.25, 0.3) is 0 Å². The summed E-state index contributed by atoms with van der Waals surface area (Å²) in [6, 6.07) is 5.68. The van der Waals surface area contributed by atoms with Gasteiger partial charge in [-0.05, 0) is 31.9 Å². The van der Waals surface area contributed by atoms with Crippen molar-refractivity contribution in [1.29, 1.82) is 0 Å². The van der Waals surface area contributed by atoms with E-state index < -0.39 is 12.1 Å². The third kappa shape index (κ3) is 4.56. The molecule has 0 aliphatic heterocycles. The van der Waals surface area contributed by atoms with Crippen LogP contribution < -0.4 is 0 Å². The summed E-state index contributed by atoms with van der Waals surface area (Å²) < 4.78 is 0. The molecule has 1 unspecified atom stereocenters. The molecule has 0 spiro atoms. The highest BCUT2D eigenvalue weighted by atomic mass is 16.4. The number of aliphatic carboxylic acids is 1. The molecular weight excluding hydrogens is 194 g/mol. The van der Waals surface area contributed by atoms with Gasteiger partial charge in [0, 0.05) is 11.4 Å². The Balaban J connectivity index is 2.40. The van der Waals surface area contributed by atoms with Gasteiger partial charge < -0.3 is 10.2 Å². The highest BCUT2D eigenvalue weighted by molar-refractivity contribution is 5.67. The molecular formula is C11H15NO3. The van der Waals surface area contributed by atoms with Crippen LogP contribution in [0, 0.1) is 6.92 Å². The molecule has 15 heavy (non-hydrogen) atoms. The maximum absolute atomic E-state index is 10.3. The molecule has 82 valence electrons. The first-order valence-corrected chi connectivity index (χ1v) is 4.90. The highest BCUT2D eigenvalue weighted by Crippen LogP contribution is 2.06. The summed E-state index contributed by atoms with van der Waals surface area (Å²) >= 11 is 0. The number of carboxylic acids is 1. The van der Waals surface area contributed by atoms with Crippen LogP contribution in [0.3, 0.4) is 0 Å². The second-order valence-corrected chi connectivity index (χ2v) is 3.56. The normalized spacial score (nSPS) is 12.4. The molecule has 1 heterocycles. The summed E-state index contributed by atoms with van der Waals surface area (Å²) in [5.74, 6) is -0.972.